The largest absolute Gasteiger partial charge is 0.366 e. The van der Waals surface area contributed by atoms with Crippen LogP contribution < -0.4 is 5.73 Å². The lowest BCUT2D eigenvalue weighted by Gasteiger charge is -2.08. The van der Waals surface area contributed by atoms with Crippen molar-refractivity contribution in [2.75, 3.05) is 0 Å². The van der Waals surface area contributed by atoms with E-state index < -0.39 is 5.91 Å². The van der Waals surface area contributed by atoms with Crippen molar-refractivity contribution < 1.29 is 4.79 Å². The molecule has 0 saturated heterocycles. The van der Waals surface area contributed by atoms with Crippen LogP contribution in [-0.2, 0) is 0 Å². The first-order valence-corrected chi connectivity index (χ1v) is 6.49. The second kappa shape index (κ2) is 4.94. The Hall–Kier alpha value is -2.39. The molecule has 0 unspecified atom stereocenters. The van der Waals surface area contributed by atoms with Gasteiger partial charge in [0.2, 0.25) is 0 Å². The Morgan fingerprint density at radius 2 is 1.80 bits per heavy atom. The summed E-state index contributed by atoms with van der Waals surface area (Å²) < 4.78 is 0. The van der Waals surface area contributed by atoms with Gasteiger partial charge >= 0.3 is 0 Å². The summed E-state index contributed by atoms with van der Waals surface area (Å²) in [6.07, 6.45) is 0. The number of amides is 1. The van der Waals surface area contributed by atoms with Gasteiger partial charge in [0.05, 0.1) is 21.8 Å². The van der Waals surface area contributed by atoms with E-state index in [0.29, 0.717) is 16.1 Å². The van der Waals surface area contributed by atoms with E-state index in [1.54, 1.807) is 18.2 Å². The molecule has 0 bridgehead atoms. The van der Waals surface area contributed by atoms with Crippen LogP contribution in [0.2, 0.25) is 5.02 Å². The molecule has 98 valence electrons. The third-order valence-corrected chi connectivity index (χ3v) is 3.44. The van der Waals surface area contributed by atoms with Crippen LogP contribution in [0.25, 0.3) is 22.2 Å². The summed E-state index contributed by atoms with van der Waals surface area (Å²) in [6, 6.07) is 16.7. The monoisotopic (exact) mass is 282 g/mol. The van der Waals surface area contributed by atoms with Gasteiger partial charge in [-0.15, -0.1) is 0 Å². The predicted molar refractivity (Wildman–Crippen MR) is 80.7 cm³/mol. The molecular formula is C16H11ClN2O. The number of primary amides is 1. The molecule has 20 heavy (non-hydrogen) atoms. The lowest BCUT2D eigenvalue weighted by Crippen LogP contribution is -2.12. The molecule has 0 radical (unpaired) electrons. The third kappa shape index (κ3) is 2.12. The number of pyridine rings is 1. The summed E-state index contributed by atoms with van der Waals surface area (Å²) in [5, 5.41) is 1.28. The van der Waals surface area contributed by atoms with E-state index in [-0.39, 0.29) is 0 Å². The Labute approximate surface area is 121 Å². The minimum atomic E-state index is -0.510. The van der Waals surface area contributed by atoms with Crippen LogP contribution in [-0.4, -0.2) is 10.9 Å². The number of fused-ring (bicyclic) bond motifs is 1. The van der Waals surface area contributed by atoms with Crippen LogP contribution in [0.3, 0.4) is 0 Å². The van der Waals surface area contributed by atoms with Gasteiger partial charge in [0.25, 0.3) is 5.91 Å². The second-order valence-corrected chi connectivity index (χ2v) is 4.83. The number of hydrogen-bond acceptors (Lipinski definition) is 2. The Kier molecular flexibility index (Phi) is 3.12. The third-order valence-electron chi connectivity index (χ3n) is 3.12. The Morgan fingerprint density at radius 1 is 1.05 bits per heavy atom. The fraction of sp³-hybridized carbons (Fsp3) is 0. The van der Waals surface area contributed by atoms with Crippen molar-refractivity contribution in [3.8, 4) is 11.3 Å². The number of rotatable bonds is 2. The highest BCUT2D eigenvalue weighted by molar-refractivity contribution is 6.36. The van der Waals surface area contributed by atoms with E-state index in [2.05, 4.69) is 4.98 Å². The summed E-state index contributed by atoms with van der Waals surface area (Å²) in [5.74, 6) is -0.510. The summed E-state index contributed by atoms with van der Waals surface area (Å²) in [7, 11) is 0. The van der Waals surface area contributed by atoms with Crippen molar-refractivity contribution in [2.24, 2.45) is 5.73 Å². The number of hydrogen-bond donors (Lipinski definition) is 1. The fourth-order valence-corrected chi connectivity index (χ4v) is 2.42. The molecule has 0 aliphatic carbocycles. The molecule has 3 aromatic rings. The van der Waals surface area contributed by atoms with Gasteiger partial charge in [0.1, 0.15) is 0 Å². The van der Waals surface area contributed by atoms with Crippen molar-refractivity contribution in [1.82, 2.24) is 4.98 Å². The summed E-state index contributed by atoms with van der Waals surface area (Å²) in [6.45, 7) is 0. The summed E-state index contributed by atoms with van der Waals surface area (Å²) in [4.78, 5) is 16.1. The Balaban J connectivity index is 2.33. The van der Waals surface area contributed by atoms with Gasteiger partial charge in [-0.25, -0.2) is 4.98 Å². The highest BCUT2D eigenvalue weighted by Gasteiger charge is 2.12. The van der Waals surface area contributed by atoms with Crippen molar-refractivity contribution in [1.29, 1.82) is 0 Å². The van der Waals surface area contributed by atoms with Crippen molar-refractivity contribution in [2.45, 2.75) is 0 Å². The molecule has 0 spiro atoms. The Morgan fingerprint density at radius 3 is 2.50 bits per heavy atom. The molecule has 1 heterocycles. The van der Waals surface area contributed by atoms with E-state index in [4.69, 9.17) is 17.3 Å². The van der Waals surface area contributed by atoms with Crippen molar-refractivity contribution in [3.63, 3.8) is 0 Å². The topological polar surface area (TPSA) is 56.0 Å². The SMILES string of the molecule is NC(=O)c1cccc2c(Cl)cc(-c3ccccc3)nc12. The van der Waals surface area contributed by atoms with Crippen molar-refractivity contribution >= 4 is 28.4 Å². The number of carbonyl (C=O) groups excluding carboxylic acids is 1. The van der Waals surface area contributed by atoms with E-state index >= 15 is 0 Å². The minimum absolute atomic E-state index is 0.377. The molecule has 0 aliphatic heterocycles. The van der Waals surface area contributed by atoms with Gasteiger partial charge < -0.3 is 5.73 Å². The first kappa shape index (κ1) is 12.6. The van der Waals surface area contributed by atoms with Crippen LogP contribution in [0, 0.1) is 0 Å². The minimum Gasteiger partial charge on any atom is -0.366 e. The average molecular weight is 283 g/mol. The average Bonchev–Trinajstić information content (AvgIpc) is 2.47. The van der Waals surface area contributed by atoms with Crippen LogP contribution in [0.15, 0.2) is 54.6 Å². The molecule has 1 amide bonds. The Bertz CT molecular complexity index is 800. The normalized spacial score (nSPS) is 10.7. The van der Waals surface area contributed by atoms with E-state index in [1.165, 1.54) is 0 Å². The molecule has 3 rings (SSSR count). The number of halogens is 1. The zero-order valence-corrected chi connectivity index (χ0v) is 11.3. The number of carbonyl (C=O) groups is 1. The first-order chi connectivity index (χ1) is 9.66. The molecule has 3 nitrogen and oxygen atoms in total. The quantitative estimate of drug-likeness (QED) is 0.780. The van der Waals surface area contributed by atoms with Gasteiger partial charge in [-0.1, -0.05) is 54.1 Å². The summed E-state index contributed by atoms with van der Waals surface area (Å²) >= 11 is 6.30. The molecule has 0 atom stereocenters. The van der Waals surface area contributed by atoms with E-state index in [1.807, 2.05) is 36.4 Å². The molecule has 0 fully saturated rings. The molecule has 4 heteroatoms. The second-order valence-electron chi connectivity index (χ2n) is 4.42. The van der Waals surface area contributed by atoms with Crippen LogP contribution in [0.5, 0.6) is 0 Å². The van der Waals surface area contributed by atoms with Crippen molar-refractivity contribution in [3.05, 3.63) is 65.2 Å². The smallest absolute Gasteiger partial charge is 0.250 e. The summed E-state index contributed by atoms with van der Waals surface area (Å²) in [5.41, 5.74) is 7.97. The number of nitrogens with zero attached hydrogens (tertiary/aromatic N) is 1. The molecule has 0 aliphatic rings. The molecule has 0 saturated carbocycles. The lowest BCUT2D eigenvalue weighted by atomic mass is 10.1. The number of aromatic nitrogens is 1. The molecule has 1 aromatic heterocycles. The maximum Gasteiger partial charge on any atom is 0.250 e. The van der Waals surface area contributed by atoms with Gasteiger partial charge in [0, 0.05) is 10.9 Å². The standard InChI is InChI=1S/C16H11ClN2O/c17-13-9-14(10-5-2-1-3-6-10)19-15-11(13)7-4-8-12(15)16(18)20/h1-9H,(H2,18,20). The maximum absolute atomic E-state index is 11.5. The highest BCUT2D eigenvalue weighted by Crippen LogP contribution is 2.29. The molecular weight excluding hydrogens is 272 g/mol. The zero-order valence-electron chi connectivity index (χ0n) is 10.5. The van der Waals surface area contributed by atoms with Gasteiger partial charge in [-0.05, 0) is 12.1 Å². The zero-order chi connectivity index (χ0) is 14.1. The van der Waals surface area contributed by atoms with Crippen LogP contribution in [0.1, 0.15) is 10.4 Å². The fourth-order valence-electron chi connectivity index (χ4n) is 2.16. The lowest BCUT2D eigenvalue weighted by molar-refractivity contribution is 0.100. The van der Waals surface area contributed by atoms with Gasteiger partial charge in [-0.2, -0.15) is 0 Å². The maximum atomic E-state index is 11.5. The molecule has 2 aromatic carbocycles. The number of benzene rings is 2. The van der Waals surface area contributed by atoms with Crippen LogP contribution in [0.4, 0.5) is 0 Å². The highest BCUT2D eigenvalue weighted by atomic mass is 35.5. The van der Waals surface area contributed by atoms with Crippen LogP contribution >= 0.6 is 11.6 Å². The molecule has 2 N–H and O–H groups in total. The van der Waals surface area contributed by atoms with Gasteiger partial charge in [-0.3, -0.25) is 4.79 Å². The number of nitrogens with two attached hydrogens (primary N) is 1. The van der Waals surface area contributed by atoms with E-state index in [9.17, 15) is 4.79 Å². The number of para-hydroxylation sites is 1. The predicted octanol–water partition coefficient (Wildman–Crippen LogP) is 3.65. The van der Waals surface area contributed by atoms with Gasteiger partial charge in [0.15, 0.2) is 0 Å². The first-order valence-electron chi connectivity index (χ1n) is 6.11. The van der Waals surface area contributed by atoms with E-state index in [0.717, 1.165) is 16.6 Å².